The van der Waals surface area contributed by atoms with Crippen molar-refractivity contribution in [1.29, 1.82) is 0 Å². The van der Waals surface area contributed by atoms with Gasteiger partial charge < -0.3 is 0 Å². The fourth-order valence-electron chi connectivity index (χ4n) is 8.20. The molecule has 0 aliphatic heterocycles. The first-order valence-electron chi connectivity index (χ1n) is 11.3. The highest BCUT2D eigenvalue weighted by atomic mass is 28.3. The lowest BCUT2D eigenvalue weighted by molar-refractivity contribution is 0.218. The molecule has 0 amide bonds. The normalized spacial score (nSPS) is 49.4. The Morgan fingerprint density at radius 3 is 1.88 bits per heavy atom. The molecule has 3 rings (SSSR count). The van der Waals surface area contributed by atoms with Crippen LogP contribution in [0.15, 0.2) is 0 Å². The quantitative estimate of drug-likeness (QED) is 0.458. The first-order chi connectivity index (χ1) is 11.3. The Kier molecular flexibility index (Phi) is 5.61. The molecule has 140 valence electrons. The van der Waals surface area contributed by atoms with Crippen LogP contribution >= 0.6 is 0 Å². The number of fused-ring (bicyclic) bond motifs is 1. The van der Waals surface area contributed by atoms with E-state index in [9.17, 15) is 0 Å². The molecular formula is C23H44Si. The summed E-state index contributed by atoms with van der Waals surface area (Å²) in [6.07, 6.45) is 10.7. The molecule has 0 aromatic carbocycles. The van der Waals surface area contributed by atoms with E-state index in [-0.39, 0.29) is 0 Å². The highest BCUT2D eigenvalue weighted by molar-refractivity contribution is 6.80. The molecule has 0 aromatic rings. The Bertz CT molecular complexity index is 414. The van der Waals surface area contributed by atoms with E-state index in [1.165, 1.54) is 25.7 Å². The third-order valence-electron chi connectivity index (χ3n) is 9.65. The molecule has 0 bridgehead atoms. The fourth-order valence-corrected chi connectivity index (χ4v) is 14.4. The summed E-state index contributed by atoms with van der Waals surface area (Å²) in [5.41, 5.74) is 2.20. The van der Waals surface area contributed by atoms with Gasteiger partial charge in [-0.25, -0.2) is 0 Å². The highest BCUT2D eigenvalue weighted by Crippen LogP contribution is 2.63. The zero-order valence-corrected chi connectivity index (χ0v) is 18.6. The van der Waals surface area contributed by atoms with Crippen LogP contribution in [0.3, 0.4) is 0 Å². The van der Waals surface area contributed by atoms with Crippen LogP contribution < -0.4 is 0 Å². The van der Waals surface area contributed by atoms with Crippen molar-refractivity contribution < 1.29 is 0 Å². The summed E-state index contributed by atoms with van der Waals surface area (Å²) < 4.78 is 0. The van der Waals surface area contributed by atoms with Gasteiger partial charge in [-0.2, -0.15) is 0 Å². The van der Waals surface area contributed by atoms with E-state index in [1.54, 1.807) is 19.3 Å². The first kappa shape index (κ1) is 19.0. The van der Waals surface area contributed by atoms with Crippen LogP contribution in [0.2, 0.25) is 24.2 Å². The van der Waals surface area contributed by atoms with E-state index < -0.39 is 8.07 Å². The van der Waals surface area contributed by atoms with Gasteiger partial charge in [-0.05, 0) is 65.3 Å². The third-order valence-corrected chi connectivity index (χ3v) is 15.0. The van der Waals surface area contributed by atoms with Crippen LogP contribution in [0.5, 0.6) is 0 Å². The number of hydrogen-bond acceptors (Lipinski definition) is 0. The van der Waals surface area contributed by atoms with Gasteiger partial charge in [0.2, 0.25) is 0 Å². The van der Waals surface area contributed by atoms with E-state index in [4.69, 9.17) is 0 Å². The zero-order chi connectivity index (χ0) is 17.6. The SMILES string of the molecule is CCCC1CC([Si](C)(C)C2C(C)C(C)C(C)C2C)C2CCCCC12. The molecule has 0 heterocycles. The second-order valence-electron chi connectivity index (χ2n) is 10.8. The van der Waals surface area contributed by atoms with Crippen molar-refractivity contribution in [3.63, 3.8) is 0 Å². The third kappa shape index (κ3) is 2.95. The van der Waals surface area contributed by atoms with E-state index in [0.717, 1.165) is 52.5 Å². The maximum Gasteiger partial charge on any atom is 0.0544 e. The van der Waals surface area contributed by atoms with Crippen molar-refractivity contribution in [2.24, 2.45) is 41.4 Å². The summed E-state index contributed by atoms with van der Waals surface area (Å²) >= 11 is 0. The van der Waals surface area contributed by atoms with Gasteiger partial charge >= 0.3 is 0 Å². The minimum Gasteiger partial charge on any atom is -0.0689 e. The second kappa shape index (κ2) is 7.09. The average Bonchev–Trinajstić information content (AvgIpc) is 3.01. The maximum atomic E-state index is 2.82. The van der Waals surface area contributed by atoms with Gasteiger partial charge in [0.05, 0.1) is 8.07 Å². The lowest BCUT2D eigenvalue weighted by Crippen LogP contribution is -2.44. The Hall–Kier alpha value is 0.217. The Labute approximate surface area is 153 Å². The minimum absolute atomic E-state index is 0.937. The van der Waals surface area contributed by atoms with E-state index in [2.05, 4.69) is 47.7 Å². The summed E-state index contributed by atoms with van der Waals surface area (Å²) in [6, 6.07) is 0. The van der Waals surface area contributed by atoms with Crippen LogP contribution in [-0.2, 0) is 0 Å². The Morgan fingerprint density at radius 2 is 1.33 bits per heavy atom. The molecule has 0 N–H and O–H groups in total. The van der Waals surface area contributed by atoms with Crippen LogP contribution in [0, 0.1) is 41.4 Å². The Balaban J connectivity index is 1.85. The maximum absolute atomic E-state index is 2.82. The smallest absolute Gasteiger partial charge is 0.0544 e. The Morgan fingerprint density at radius 1 is 0.792 bits per heavy atom. The monoisotopic (exact) mass is 348 g/mol. The minimum atomic E-state index is -1.23. The van der Waals surface area contributed by atoms with E-state index in [0.29, 0.717) is 0 Å². The molecular weight excluding hydrogens is 304 g/mol. The van der Waals surface area contributed by atoms with Crippen LogP contribution in [0.4, 0.5) is 0 Å². The van der Waals surface area contributed by atoms with Gasteiger partial charge in [-0.1, -0.05) is 79.8 Å². The van der Waals surface area contributed by atoms with Crippen molar-refractivity contribution >= 4 is 8.07 Å². The topological polar surface area (TPSA) is 0 Å². The first-order valence-corrected chi connectivity index (χ1v) is 14.5. The lowest BCUT2D eigenvalue weighted by Gasteiger charge is -2.45. The molecule has 3 saturated carbocycles. The molecule has 24 heavy (non-hydrogen) atoms. The van der Waals surface area contributed by atoms with Crippen LogP contribution in [0.1, 0.15) is 79.6 Å². The molecule has 8 atom stereocenters. The molecule has 3 aliphatic carbocycles. The van der Waals surface area contributed by atoms with Crippen molar-refractivity contribution in [3.8, 4) is 0 Å². The van der Waals surface area contributed by atoms with Gasteiger partial charge in [-0.3, -0.25) is 0 Å². The number of rotatable bonds is 4. The molecule has 0 aromatic heterocycles. The van der Waals surface area contributed by atoms with Crippen molar-refractivity contribution in [3.05, 3.63) is 0 Å². The predicted octanol–water partition coefficient (Wildman–Crippen LogP) is 7.62. The fraction of sp³-hybridized carbons (Fsp3) is 1.00. The zero-order valence-electron chi connectivity index (χ0n) is 17.6. The van der Waals surface area contributed by atoms with Crippen LogP contribution in [-0.4, -0.2) is 8.07 Å². The van der Waals surface area contributed by atoms with Crippen molar-refractivity contribution in [1.82, 2.24) is 0 Å². The second-order valence-corrected chi connectivity index (χ2v) is 15.8. The summed E-state index contributed by atoms with van der Waals surface area (Å²) in [4.78, 5) is 0. The van der Waals surface area contributed by atoms with Gasteiger partial charge in [0.15, 0.2) is 0 Å². The molecule has 1 heteroatoms. The van der Waals surface area contributed by atoms with Crippen LogP contribution in [0.25, 0.3) is 0 Å². The molecule has 3 aliphatic rings. The van der Waals surface area contributed by atoms with Gasteiger partial charge in [-0.15, -0.1) is 0 Å². The molecule has 0 radical (unpaired) electrons. The van der Waals surface area contributed by atoms with E-state index in [1.807, 2.05) is 0 Å². The standard InChI is InChI=1S/C23H44Si/c1-8-11-19-14-22(21-13-10-9-12-20(19)21)24(6,7)23-17(4)15(2)16(3)18(23)5/h15-23H,8-14H2,1-7H3. The molecule has 3 fully saturated rings. The van der Waals surface area contributed by atoms with E-state index >= 15 is 0 Å². The summed E-state index contributed by atoms with van der Waals surface area (Å²) in [7, 11) is -1.23. The molecule has 0 spiro atoms. The average molecular weight is 349 g/mol. The predicted molar refractivity (Wildman–Crippen MR) is 110 cm³/mol. The van der Waals surface area contributed by atoms with Crippen molar-refractivity contribution in [2.45, 2.75) is 104 Å². The number of hydrogen-bond donors (Lipinski definition) is 0. The molecule has 8 unspecified atom stereocenters. The largest absolute Gasteiger partial charge is 0.0689 e. The summed E-state index contributed by atoms with van der Waals surface area (Å²) in [6.45, 7) is 18.4. The van der Waals surface area contributed by atoms with Gasteiger partial charge in [0.1, 0.15) is 0 Å². The van der Waals surface area contributed by atoms with Gasteiger partial charge in [0, 0.05) is 0 Å². The van der Waals surface area contributed by atoms with Crippen molar-refractivity contribution in [2.75, 3.05) is 0 Å². The van der Waals surface area contributed by atoms with Gasteiger partial charge in [0.25, 0.3) is 0 Å². The molecule has 0 saturated heterocycles. The molecule has 0 nitrogen and oxygen atoms in total. The highest BCUT2D eigenvalue weighted by Gasteiger charge is 2.57. The summed E-state index contributed by atoms with van der Waals surface area (Å²) in [5.74, 6) is 7.10. The lowest BCUT2D eigenvalue weighted by atomic mass is 9.77. The summed E-state index contributed by atoms with van der Waals surface area (Å²) in [5, 5.41) is 0.